The van der Waals surface area contributed by atoms with Crippen molar-refractivity contribution in [2.45, 2.75) is 14.7 Å². The van der Waals surface area contributed by atoms with E-state index < -0.39 is 45.0 Å². The van der Waals surface area contributed by atoms with Gasteiger partial charge in [0.1, 0.15) is 10.7 Å². The number of aromatic nitrogens is 2. The molecule has 0 spiro atoms. The Morgan fingerprint density at radius 2 is 1.33 bits per heavy atom. The van der Waals surface area contributed by atoms with Crippen LogP contribution in [-0.2, 0) is 30.4 Å². The van der Waals surface area contributed by atoms with Gasteiger partial charge in [0, 0.05) is 23.3 Å². The predicted octanol–water partition coefficient (Wildman–Crippen LogP) is 0.970. The molecule has 1 aromatic heterocycles. The summed E-state index contributed by atoms with van der Waals surface area (Å²) in [4.78, 5) is 4.00. The SMILES string of the molecule is O=S(=O)(O)c1cc(-c2ncc[nH]2)c2c(S(=O)(=O)O)cc(S(=O)(=O)O)cc2c1. The molecule has 0 aliphatic rings. The van der Waals surface area contributed by atoms with Gasteiger partial charge in [0.25, 0.3) is 30.4 Å². The van der Waals surface area contributed by atoms with Gasteiger partial charge in [-0.3, -0.25) is 13.7 Å². The monoisotopic (exact) mass is 434 g/mol. The summed E-state index contributed by atoms with van der Waals surface area (Å²) in [5.74, 6) is -0.0185. The van der Waals surface area contributed by atoms with Gasteiger partial charge in [0.05, 0.1) is 9.79 Å². The molecule has 2 aromatic carbocycles. The molecule has 0 bridgehead atoms. The second-order valence-corrected chi connectivity index (χ2v) is 9.59. The van der Waals surface area contributed by atoms with Crippen LogP contribution in [0.1, 0.15) is 0 Å². The highest BCUT2D eigenvalue weighted by molar-refractivity contribution is 7.87. The van der Waals surface area contributed by atoms with E-state index in [0.29, 0.717) is 6.07 Å². The van der Waals surface area contributed by atoms with E-state index in [4.69, 9.17) is 0 Å². The summed E-state index contributed by atoms with van der Waals surface area (Å²) in [7, 11) is -14.7. The molecule has 0 saturated carbocycles. The van der Waals surface area contributed by atoms with Gasteiger partial charge in [0.2, 0.25) is 0 Å². The van der Waals surface area contributed by atoms with Crippen molar-refractivity contribution >= 4 is 41.1 Å². The Hall–Kier alpha value is -2.36. The van der Waals surface area contributed by atoms with Crippen molar-refractivity contribution in [3.8, 4) is 11.4 Å². The van der Waals surface area contributed by atoms with E-state index in [1.54, 1.807) is 0 Å². The average Bonchev–Trinajstić information content (AvgIpc) is 3.04. The van der Waals surface area contributed by atoms with Gasteiger partial charge >= 0.3 is 0 Å². The lowest BCUT2D eigenvalue weighted by atomic mass is 10.0. The smallest absolute Gasteiger partial charge is 0.295 e. The second-order valence-electron chi connectivity index (χ2n) is 5.35. The van der Waals surface area contributed by atoms with E-state index in [1.165, 1.54) is 12.4 Å². The second kappa shape index (κ2) is 6.08. The maximum Gasteiger partial charge on any atom is 0.295 e. The van der Waals surface area contributed by atoms with Gasteiger partial charge in [-0.25, -0.2) is 4.98 Å². The molecule has 14 heteroatoms. The van der Waals surface area contributed by atoms with Crippen LogP contribution >= 0.6 is 0 Å². The van der Waals surface area contributed by atoms with E-state index in [-0.39, 0.29) is 22.2 Å². The zero-order valence-corrected chi connectivity index (χ0v) is 15.4. The number of nitrogens with zero attached hydrogens (tertiary/aromatic N) is 1. The van der Waals surface area contributed by atoms with Crippen molar-refractivity contribution in [3.63, 3.8) is 0 Å². The third kappa shape index (κ3) is 3.71. The number of aromatic amines is 1. The summed E-state index contributed by atoms with van der Waals surface area (Å²) in [6, 6.07) is 3.01. The van der Waals surface area contributed by atoms with E-state index in [1.807, 2.05) is 0 Å². The first-order valence-electron chi connectivity index (χ1n) is 6.82. The van der Waals surface area contributed by atoms with Gasteiger partial charge in [-0.05, 0) is 29.7 Å². The van der Waals surface area contributed by atoms with Crippen LogP contribution in [0.5, 0.6) is 0 Å². The van der Waals surface area contributed by atoms with Crippen LogP contribution in [0.25, 0.3) is 22.2 Å². The summed E-state index contributed by atoms with van der Waals surface area (Å²) in [6.07, 6.45) is 2.63. The molecule has 27 heavy (non-hydrogen) atoms. The van der Waals surface area contributed by atoms with Crippen molar-refractivity contribution < 1.29 is 38.9 Å². The lowest BCUT2D eigenvalue weighted by Crippen LogP contribution is -2.06. The molecule has 1 heterocycles. The summed E-state index contributed by atoms with van der Waals surface area (Å²) in [5.41, 5.74) is -0.153. The maximum absolute atomic E-state index is 11.8. The van der Waals surface area contributed by atoms with Gasteiger partial charge in [-0.1, -0.05) is 0 Å². The molecule has 4 N–H and O–H groups in total. The Bertz CT molecular complexity index is 1370. The highest BCUT2D eigenvalue weighted by atomic mass is 32.2. The Morgan fingerprint density at radius 1 is 0.778 bits per heavy atom. The van der Waals surface area contributed by atoms with Crippen LogP contribution in [0.2, 0.25) is 0 Å². The van der Waals surface area contributed by atoms with Gasteiger partial charge in [0.15, 0.2) is 0 Å². The first kappa shape index (κ1) is 19.4. The largest absolute Gasteiger partial charge is 0.345 e. The van der Waals surface area contributed by atoms with Crippen molar-refractivity contribution in [1.29, 1.82) is 0 Å². The number of hydrogen-bond acceptors (Lipinski definition) is 7. The standard InChI is InChI=1S/C13H10N2O9S3/c16-25(17,18)8-3-7-4-9(26(19,20)21)6-11(27(22,23)24)12(7)10(5-8)13-14-1-2-15-13/h1-6H,(H,14,15)(H,16,17,18)(H,19,20,21)(H,22,23,24). The minimum Gasteiger partial charge on any atom is -0.345 e. The number of fused-ring (bicyclic) bond motifs is 1. The number of imidazole rings is 1. The molecule has 144 valence electrons. The molecule has 0 amide bonds. The molecule has 0 saturated heterocycles. The number of benzene rings is 2. The van der Waals surface area contributed by atoms with Gasteiger partial charge in [-0.2, -0.15) is 25.3 Å². The summed E-state index contributed by atoms with van der Waals surface area (Å²) in [5, 5.41) is -0.577. The zero-order valence-electron chi connectivity index (χ0n) is 12.9. The molecule has 0 atom stereocenters. The molecule has 0 fully saturated rings. The minimum absolute atomic E-state index is 0.0185. The van der Waals surface area contributed by atoms with Crippen LogP contribution < -0.4 is 0 Å². The van der Waals surface area contributed by atoms with Crippen LogP contribution in [0.4, 0.5) is 0 Å². The number of hydrogen-bond donors (Lipinski definition) is 4. The third-order valence-electron chi connectivity index (χ3n) is 3.59. The Balaban J connectivity index is 2.64. The molecule has 0 radical (unpaired) electrons. The van der Waals surface area contributed by atoms with Crippen LogP contribution in [0.15, 0.2) is 51.3 Å². The van der Waals surface area contributed by atoms with Crippen molar-refractivity contribution in [2.75, 3.05) is 0 Å². The van der Waals surface area contributed by atoms with E-state index in [2.05, 4.69) is 9.97 Å². The maximum atomic E-state index is 11.8. The topological polar surface area (TPSA) is 192 Å². The van der Waals surface area contributed by atoms with Crippen molar-refractivity contribution in [3.05, 3.63) is 36.7 Å². The molecule has 0 aliphatic heterocycles. The van der Waals surface area contributed by atoms with Crippen molar-refractivity contribution in [1.82, 2.24) is 9.97 Å². The third-order valence-corrected chi connectivity index (χ3v) is 6.13. The number of rotatable bonds is 4. The summed E-state index contributed by atoms with van der Waals surface area (Å²) in [6.45, 7) is 0. The van der Waals surface area contributed by atoms with Gasteiger partial charge < -0.3 is 4.98 Å². The first-order chi connectivity index (χ1) is 12.3. The highest BCUT2D eigenvalue weighted by Crippen LogP contribution is 2.36. The Kier molecular flexibility index (Phi) is 4.37. The van der Waals surface area contributed by atoms with E-state index in [0.717, 1.165) is 18.2 Å². The summed E-state index contributed by atoms with van der Waals surface area (Å²) >= 11 is 0. The molecule has 11 nitrogen and oxygen atoms in total. The fourth-order valence-electron chi connectivity index (χ4n) is 2.52. The molecular formula is C13H10N2O9S3. The first-order valence-corrected chi connectivity index (χ1v) is 11.1. The number of nitrogens with one attached hydrogen (secondary N) is 1. The van der Waals surface area contributed by atoms with E-state index >= 15 is 0 Å². The normalized spacial score (nSPS) is 13.1. The fourth-order valence-corrected chi connectivity index (χ4v) is 4.44. The van der Waals surface area contributed by atoms with Crippen LogP contribution in [0.3, 0.4) is 0 Å². The number of H-pyrrole nitrogens is 1. The summed E-state index contributed by atoms with van der Waals surface area (Å²) < 4.78 is 97.7. The van der Waals surface area contributed by atoms with E-state index in [9.17, 15) is 38.9 Å². The quantitative estimate of drug-likeness (QED) is 0.430. The molecule has 3 aromatic rings. The average molecular weight is 434 g/mol. The minimum atomic E-state index is -5.00. The van der Waals surface area contributed by atoms with Gasteiger partial charge in [-0.15, -0.1) is 0 Å². The fraction of sp³-hybridized carbons (Fsp3) is 0. The van der Waals surface area contributed by atoms with Crippen LogP contribution in [-0.4, -0.2) is 48.9 Å². The predicted molar refractivity (Wildman–Crippen MR) is 91.0 cm³/mol. The molecule has 0 unspecified atom stereocenters. The Morgan fingerprint density at radius 3 is 1.78 bits per heavy atom. The highest BCUT2D eigenvalue weighted by Gasteiger charge is 2.25. The molecule has 0 aliphatic carbocycles. The zero-order chi connectivity index (χ0) is 20.2. The van der Waals surface area contributed by atoms with Crippen LogP contribution in [0, 0.1) is 0 Å². The Labute approximate surface area is 152 Å². The lowest BCUT2D eigenvalue weighted by Gasteiger charge is -2.12. The lowest BCUT2D eigenvalue weighted by molar-refractivity contribution is 0.480. The van der Waals surface area contributed by atoms with Crippen molar-refractivity contribution in [2.24, 2.45) is 0 Å². The molecule has 3 rings (SSSR count). The molecular weight excluding hydrogens is 424 g/mol.